The third-order valence-electron chi connectivity index (χ3n) is 5.52. The maximum absolute atomic E-state index is 5.13. The molecular formula is C22H21BrN4S. The van der Waals surface area contributed by atoms with Crippen molar-refractivity contribution in [3.8, 4) is 5.69 Å². The molecule has 3 aromatic rings. The van der Waals surface area contributed by atoms with Crippen molar-refractivity contribution in [1.29, 1.82) is 0 Å². The van der Waals surface area contributed by atoms with Crippen molar-refractivity contribution in [3.63, 3.8) is 0 Å². The molecule has 4 nitrogen and oxygen atoms in total. The molecule has 142 valence electrons. The second-order valence-electron chi connectivity index (χ2n) is 7.12. The summed E-state index contributed by atoms with van der Waals surface area (Å²) < 4.78 is 3.38. The van der Waals surface area contributed by atoms with E-state index in [9.17, 15) is 0 Å². The number of aromatic nitrogens is 2. The number of fused-ring (bicyclic) bond motifs is 1. The van der Waals surface area contributed by atoms with Crippen molar-refractivity contribution in [1.82, 2.24) is 14.5 Å². The Bertz CT molecular complexity index is 999. The molecule has 5 rings (SSSR count). The average Bonchev–Trinajstić information content (AvgIpc) is 3.44. The normalized spacial score (nSPS) is 23.7. The predicted molar refractivity (Wildman–Crippen MR) is 119 cm³/mol. The molecule has 28 heavy (non-hydrogen) atoms. The molecule has 0 unspecified atom stereocenters. The highest BCUT2D eigenvalue weighted by molar-refractivity contribution is 9.10. The van der Waals surface area contributed by atoms with Gasteiger partial charge in [-0.1, -0.05) is 40.7 Å². The lowest BCUT2D eigenvalue weighted by molar-refractivity contribution is 0.249. The van der Waals surface area contributed by atoms with Gasteiger partial charge in [0.05, 0.1) is 5.69 Å². The van der Waals surface area contributed by atoms with Crippen LogP contribution in [0.25, 0.3) is 5.69 Å². The lowest BCUT2D eigenvalue weighted by Crippen LogP contribution is -2.36. The van der Waals surface area contributed by atoms with Gasteiger partial charge < -0.3 is 9.47 Å². The number of rotatable bonds is 4. The van der Waals surface area contributed by atoms with Gasteiger partial charge in [-0.3, -0.25) is 9.98 Å². The van der Waals surface area contributed by atoms with Crippen LogP contribution in [0.2, 0.25) is 0 Å². The van der Waals surface area contributed by atoms with Gasteiger partial charge in [0.15, 0.2) is 5.17 Å². The summed E-state index contributed by atoms with van der Waals surface area (Å²) in [6.45, 7) is 2.27. The van der Waals surface area contributed by atoms with Gasteiger partial charge >= 0.3 is 0 Å². The summed E-state index contributed by atoms with van der Waals surface area (Å²) in [7, 11) is 0. The minimum atomic E-state index is 0.0159. The number of nitrogens with zero attached hydrogens (tertiary/aromatic N) is 4. The van der Waals surface area contributed by atoms with Gasteiger partial charge in [-0.2, -0.15) is 0 Å². The van der Waals surface area contributed by atoms with Gasteiger partial charge in [0, 0.05) is 40.0 Å². The van der Waals surface area contributed by atoms with Crippen LogP contribution in [0, 0.1) is 0 Å². The summed E-state index contributed by atoms with van der Waals surface area (Å²) in [5.74, 6) is 1.11. The van der Waals surface area contributed by atoms with Crippen LogP contribution in [0.4, 0.5) is 0 Å². The molecule has 0 N–H and O–H groups in total. The minimum absolute atomic E-state index is 0.0159. The summed E-state index contributed by atoms with van der Waals surface area (Å²) >= 11 is 5.42. The topological polar surface area (TPSA) is 33.4 Å². The fourth-order valence-electron chi connectivity index (χ4n) is 4.14. The molecule has 1 aromatic carbocycles. The zero-order valence-corrected chi connectivity index (χ0v) is 18.0. The predicted octanol–water partition coefficient (Wildman–Crippen LogP) is 5.61. The first-order valence-electron chi connectivity index (χ1n) is 9.59. The molecule has 1 fully saturated rings. The molecule has 4 heterocycles. The van der Waals surface area contributed by atoms with E-state index in [0.29, 0.717) is 6.04 Å². The first kappa shape index (κ1) is 18.0. The number of hydrogen-bond donors (Lipinski definition) is 0. The summed E-state index contributed by atoms with van der Waals surface area (Å²) in [5, 5.41) is 1.16. The highest BCUT2D eigenvalue weighted by Gasteiger charge is 2.46. The van der Waals surface area contributed by atoms with E-state index in [1.54, 1.807) is 0 Å². The molecule has 0 amide bonds. The molecule has 0 radical (unpaired) electrons. The fourth-order valence-corrected chi connectivity index (χ4v) is 5.74. The van der Waals surface area contributed by atoms with E-state index in [0.717, 1.165) is 33.2 Å². The Morgan fingerprint density at radius 3 is 2.71 bits per heavy atom. The Morgan fingerprint density at radius 1 is 1.11 bits per heavy atom. The number of hydrogen-bond acceptors (Lipinski definition) is 4. The molecule has 0 aliphatic carbocycles. The maximum Gasteiger partial charge on any atom is 0.160 e. The van der Waals surface area contributed by atoms with E-state index in [1.807, 2.05) is 24.0 Å². The van der Waals surface area contributed by atoms with Crippen LogP contribution in [0.1, 0.15) is 36.8 Å². The number of benzene rings is 1. The number of thioether (sulfide) groups is 1. The Morgan fingerprint density at radius 2 is 1.96 bits per heavy atom. The van der Waals surface area contributed by atoms with Crippen LogP contribution in [0.15, 0.2) is 76.5 Å². The zero-order valence-electron chi connectivity index (χ0n) is 15.6. The Hall–Kier alpha value is -2.05. The first-order valence-corrected chi connectivity index (χ1v) is 11.4. The molecule has 0 saturated carbocycles. The number of aliphatic imine (C=N–C) groups is 1. The third-order valence-corrected chi connectivity index (χ3v) is 7.17. The number of amidine groups is 1. The van der Waals surface area contributed by atoms with Crippen molar-refractivity contribution in [2.24, 2.45) is 4.99 Å². The zero-order chi connectivity index (χ0) is 19.1. The minimum Gasteiger partial charge on any atom is -0.337 e. The van der Waals surface area contributed by atoms with Crippen molar-refractivity contribution in [2.75, 3.05) is 5.75 Å². The highest BCUT2D eigenvalue weighted by Crippen LogP contribution is 2.48. The lowest BCUT2D eigenvalue weighted by atomic mass is 9.99. The van der Waals surface area contributed by atoms with Crippen LogP contribution in [0.3, 0.4) is 0 Å². The van der Waals surface area contributed by atoms with Gasteiger partial charge in [-0.05, 0) is 55.0 Å². The van der Waals surface area contributed by atoms with Crippen LogP contribution >= 0.6 is 27.7 Å². The van der Waals surface area contributed by atoms with E-state index in [2.05, 4.69) is 92.0 Å². The van der Waals surface area contributed by atoms with Crippen molar-refractivity contribution in [2.45, 2.75) is 31.5 Å². The van der Waals surface area contributed by atoms with Gasteiger partial charge in [-0.25, -0.2) is 0 Å². The van der Waals surface area contributed by atoms with Crippen LogP contribution in [-0.4, -0.2) is 31.4 Å². The van der Waals surface area contributed by atoms with Gasteiger partial charge in [0.2, 0.25) is 0 Å². The second kappa shape index (κ2) is 7.41. The van der Waals surface area contributed by atoms with Gasteiger partial charge in [0.1, 0.15) is 12.1 Å². The molecule has 0 spiro atoms. The Balaban J connectivity index is 1.62. The largest absolute Gasteiger partial charge is 0.337 e. The summed E-state index contributed by atoms with van der Waals surface area (Å²) in [5.41, 5.74) is 3.46. The van der Waals surface area contributed by atoms with E-state index in [-0.39, 0.29) is 12.1 Å². The average molecular weight is 453 g/mol. The van der Waals surface area contributed by atoms with Crippen molar-refractivity contribution >= 4 is 32.9 Å². The van der Waals surface area contributed by atoms with E-state index in [4.69, 9.17) is 4.99 Å². The first-order chi connectivity index (χ1) is 13.8. The second-order valence-corrected chi connectivity index (χ2v) is 9.02. The molecule has 2 aromatic heterocycles. The molecule has 6 heteroatoms. The number of halogens is 1. The smallest absolute Gasteiger partial charge is 0.160 e. The quantitative estimate of drug-likeness (QED) is 0.515. The van der Waals surface area contributed by atoms with E-state index in [1.165, 1.54) is 5.69 Å². The highest BCUT2D eigenvalue weighted by atomic mass is 79.9. The SMILES string of the molecule is CC[C@H]1CSC2=N[C@H](c3ccccn3)[C@@H](c3cccn3-c3ccc(Br)cc3)N21. The number of pyridine rings is 1. The van der Waals surface area contributed by atoms with Crippen LogP contribution in [-0.2, 0) is 0 Å². The molecule has 2 aliphatic rings. The Labute approximate surface area is 177 Å². The fraction of sp³-hybridized carbons (Fsp3) is 0.273. The summed E-state index contributed by atoms with van der Waals surface area (Å²) in [6.07, 6.45) is 5.14. The standard InChI is InChI=1S/C22H21BrN4S/c1-2-16-14-28-22-25-20(18-6-3-4-12-24-18)21(27(16)22)19-7-5-13-26(19)17-10-8-15(23)9-11-17/h3-13,16,20-21H,2,14H2,1H3/t16-,20+,21+/m0/s1. The van der Waals surface area contributed by atoms with Crippen molar-refractivity contribution < 1.29 is 0 Å². The molecule has 1 saturated heterocycles. The summed E-state index contributed by atoms with van der Waals surface area (Å²) in [4.78, 5) is 12.3. The molecule has 2 aliphatic heterocycles. The lowest BCUT2D eigenvalue weighted by Gasteiger charge is -2.32. The third kappa shape index (κ3) is 2.99. The van der Waals surface area contributed by atoms with Crippen LogP contribution in [0.5, 0.6) is 0 Å². The maximum atomic E-state index is 5.13. The van der Waals surface area contributed by atoms with Crippen LogP contribution < -0.4 is 0 Å². The molecule has 3 atom stereocenters. The van der Waals surface area contributed by atoms with Crippen molar-refractivity contribution in [3.05, 3.63) is 82.9 Å². The molecule has 0 bridgehead atoms. The van der Waals surface area contributed by atoms with E-state index >= 15 is 0 Å². The van der Waals surface area contributed by atoms with E-state index < -0.39 is 0 Å². The monoisotopic (exact) mass is 452 g/mol. The summed E-state index contributed by atoms with van der Waals surface area (Å²) in [6, 6.07) is 19.7. The Kier molecular flexibility index (Phi) is 4.77. The van der Waals surface area contributed by atoms with Gasteiger partial charge in [-0.15, -0.1) is 0 Å². The van der Waals surface area contributed by atoms with Gasteiger partial charge in [0.25, 0.3) is 0 Å². The molecular weight excluding hydrogens is 432 g/mol.